The fourth-order valence-electron chi connectivity index (χ4n) is 4.26. The Bertz CT molecular complexity index is 1320. The van der Waals surface area contributed by atoms with Crippen molar-refractivity contribution in [2.75, 3.05) is 35.7 Å². The van der Waals surface area contributed by atoms with Crippen LogP contribution < -0.4 is 10.6 Å². The Balaban J connectivity index is 1.79. The summed E-state index contributed by atoms with van der Waals surface area (Å²) in [4.78, 5) is 32.1. The van der Waals surface area contributed by atoms with Crippen molar-refractivity contribution in [3.63, 3.8) is 0 Å². The van der Waals surface area contributed by atoms with Gasteiger partial charge in [-0.2, -0.15) is 30.0 Å². The number of nitrogens with zero attached hydrogens (tertiary/aromatic N) is 5. The molecule has 0 spiro atoms. The number of fused-ring (bicyclic) bond motifs is 1. The molecule has 0 unspecified atom stereocenters. The van der Waals surface area contributed by atoms with Crippen LogP contribution in [-0.4, -0.2) is 61.9 Å². The van der Waals surface area contributed by atoms with Gasteiger partial charge in [-0.05, 0) is 44.4 Å². The van der Waals surface area contributed by atoms with E-state index in [1.54, 1.807) is 20.1 Å². The molecule has 3 heterocycles. The van der Waals surface area contributed by atoms with E-state index in [2.05, 4.69) is 10.1 Å². The van der Waals surface area contributed by atoms with Crippen molar-refractivity contribution in [2.45, 2.75) is 25.6 Å². The predicted octanol–water partition coefficient (Wildman–Crippen LogP) is 3.45. The Kier molecular flexibility index (Phi) is 6.16. The summed E-state index contributed by atoms with van der Waals surface area (Å²) < 4.78 is 57.0. The molecule has 2 amide bonds. The molecule has 0 aliphatic carbocycles. The number of benzene rings is 1. The summed E-state index contributed by atoms with van der Waals surface area (Å²) in [5.41, 5.74) is 3.10. The van der Waals surface area contributed by atoms with E-state index in [-0.39, 0.29) is 47.5 Å². The molecule has 3 aromatic rings. The third-order valence-electron chi connectivity index (χ3n) is 5.98. The number of aromatic nitrogens is 3. The van der Waals surface area contributed by atoms with Crippen LogP contribution in [0.15, 0.2) is 30.6 Å². The molecular weight excluding hydrogens is 488 g/mol. The first-order valence-corrected chi connectivity index (χ1v) is 11.9. The van der Waals surface area contributed by atoms with E-state index in [9.17, 15) is 27.2 Å². The van der Waals surface area contributed by atoms with Crippen LogP contribution >= 0.6 is 11.8 Å². The molecule has 35 heavy (non-hydrogen) atoms. The smallest absolute Gasteiger partial charge is 0.382 e. The second kappa shape index (κ2) is 8.70. The highest BCUT2D eigenvalue weighted by Gasteiger charge is 2.45. The van der Waals surface area contributed by atoms with Crippen molar-refractivity contribution < 1.29 is 27.2 Å². The van der Waals surface area contributed by atoms with Crippen molar-refractivity contribution in [3.05, 3.63) is 42.0 Å². The molecule has 1 aliphatic heterocycles. The van der Waals surface area contributed by atoms with Gasteiger partial charge < -0.3 is 15.5 Å². The number of nitrogens with two attached hydrogens (primary N) is 1. The molecule has 0 saturated carbocycles. The number of hydrogen-bond acceptors (Lipinski definition) is 6. The number of carbonyl (C=O) groups excluding carboxylic acids is 2. The van der Waals surface area contributed by atoms with Gasteiger partial charge in [-0.25, -0.2) is 13.9 Å². The lowest BCUT2D eigenvalue weighted by molar-refractivity contribution is -0.145. The number of halogens is 4. The summed E-state index contributed by atoms with van der Waals surface area (Å²) in [6.07, 6.45) is -1.93. The number of nitrogen functional groups attached to an aromatic ring is 1. The van der Waals surface area contributed by atoms with Crippen LogP contribution in [0.25, 0.3) is 16.8 Å². The molecule has 1 aromatic carbocycles. The van der Waals surface area contributed by atoms with Crippen LogP contribution in [0.3, 0.4) is 0 Å². The molecule has 2 aromatic heterocycles. The van der Waals surface area contributed by atoms with Crippen LogP contribution in [0.2, 0.25) is 0 Å². The zero-order chi connectivity index (χ0) is 25.7. The quantitative estimate of drug-likeness (QED) is 0.540. The lowest BCUT2D eigenvalue weighted by atomic mass is 9.96. The number of carbonyl (C=O) groups is 2. The first-order valence-electron chi connectivity index (χ1n) is 10.5. The highest BCUT2D eigenvalue weighted by Crippen LogP contribution is 2.40. The monoisotopic (exact) mass is 510 g/mol. The van der Waals surface area contributed by atoms with Gasteiger partial charge in [-0.1, -0.05) is 0 Å². The summed E-state index contributed by atoms with van der Waals surface area (Å²) in [7, 11) is 0. The average Bonchev–Trinajstić information content (AvgIpc) is 3.18. The molecule has 186 valence electrons. The Hall–Kier alpha value is -3.35. The molecule has 4 rings (SSSR count). The minimum atomic E-state index is -4.73. The third-order valence-corrected chi connectivity index (χ3v) is 6.52. The zero-order valence-electron chi connectivity index (χ0n) is 19.1. The van der Waals surface area contributed by atoms with Crippen LogP contribution in [0.1, 0.15) is 19.4 Å². The van der Waals surface area contributed by atoms with Gasteiger partial charge in [-0.15, -0.1) is 0 Å². The number of anilines is 2. The maximum atomic E-state index is 14.9. The van der Waals surface area contributed by atoms with E-state index in [1.165, 1.54) is 33.7 Å². The van der Waals surface area contributed by atoms with Gasteiger partial charge in [0.1, 0.15) is 23.2 Å². The number of piperazine rings is 1. The van der Waals surface area contributed by atoms with Crippen molar-refractivity contribution in [2.24, 2.45) is 0 Å². The lowest BCUT2D eigenvalue weighted by Gasteiger charge is -2.46. The minimum Gasteiger partial charge on any atom is -0.382 e. The fourth-order valence-corrected chi connectivity index (χ4v) is 4.67. The van der Waals surface area contributed by atoms with E-state index >= 15 is 0 Å². The molecule has 0 bridgehead atoms. The van der Waals surface area contributed by atoms with Crippen molar-refractivity contribution in [1.82, 2.24) is 19.5 Å². The summed E-state index contributed by atoms with van der Waals surface area (Å²) in [6.45, 7) is 3.37. The topological polar surface area (TPSA) is 96.8 Å². The Morgan fingerprint density at radius 2 is 1.94 bits per heavy atom. The number of thioether (sulfide) groups is 1. The molecule has 2 N–H and O–H groups in total. The molecule has 0 atom stereocenters. The molecular formula is C22H22F4N6O2S. The first-order chi connectivity index (χ1) is 16.4. The zero-order valence-corrected chi connectivity index (χ0v) is 19.9. The SMILES string of the molecule is CSCC(=O)N1CCN(c2cc(-c3cc(C(F)(F)F)c4c(N)ncnn34)ccc2F)C(=O)C1(C)C. The maximum absolute atomic E-state index is 14.9. The number of rotatable bonds is 4. The van der Waals surface area contributed by atoms with Gasteiger partial charge >= 0.3 is 6.18 Å². The maximum Gasteiger partial charge on any atom is 0.418 e. The van der Waals surface area contributed by atoms with E-state index in [4.69, 9.17) is 5.73 Å². The number of hydrogen-bond donors (Lipinski definition) is 1. The molecule has 0 radical (unpaired) electrons. The molecule has 13 heteroatoms. The highest BCUT2D eigenvalue weighted by atomic mass is 32.2. The average molecular weight is 511 g/mol. The van der Waals surface area contributed by atoms with Gasteiger partial charge in [0, 0.05) is 18.7 Å². The largest absolute Gasteiger partial charge is 0.418 e. The minimum absolute atomic E-state index is 0.00293. The Labute approximate surface area is 202 Å². The summed E-state index contributed by atoms with van der Waals surface area (Å²) in [5.74, 6) is -1.59. The van der Waals surface area contributed by atoms with Gasteiger partial charge in [0.15, 0.2) is 5.82 Å². The molecule has 1 saturated heterocycles. The highest BCUT2D eigenvalue weighted by molar-refractivity contribution is 7.99. The second-order valence-electron chi connectivity index (χ2n) is 8.51. The summed E-state index contributed by atoms with van der Waals surface area (Å²) >= 11 is 1.33. The van der Waals surface area contributed by atoms with Gasteiger partial charge in [0.25, 0.3) is 5.91 Å². The molecule has 1 aliphatic rings. The first kappa shape index (κ1) is 24.8. The van der Waals surface area contributed by atoms with Crippen LogP contribution in [-0.2, 0) is 15.8 Å². The normalized spacial score (nSPS) is 16.3. The van der Waals surface area contributed by atoms with Gasteiger partial charge in [-0.3, -0.25) is 9.59 Å². The standard InChI is InChI=1S/C22H22F4N6O2S/c1-21(2)20(34)30(6-7-31(21)17(33)10-35-3)16-8-12(4-5-14(16)23)15-9-13(22(24,25)26)18-19(27)28-11-29-32(15)18/h4-5,8-9,11H,6-7,10H2,1-3H3,(H2,27,28,29). The van der Waals surface area contributed by atoms with Crippen LogP contribution in [0.4, 0.5) is 29.1 Å². The van der Waals surface area contributed by atoms with Gasteiger partial charge in [0.2, 0.25) is 5.91 Å². The van der Waals surface area contributed by atoms with E-state index < -0.39 is 34.5 Å². The lowest BCUT2D eigenvalue weighted by Crippen LogP contribution is -2.65. The second-order valence-corrected chi connectivity index (χ2v) is 9.37. The molecule has 8 nitrogen and oxygen atoms in total. The predicted molar refractivity (Wildman–Crippen MR) is 124 cm³/mol. The number of alkyl halides is 3. The van der Waals surface area contributed by atoms with Crippen molar-refractivity contribution in [1.29, 1.82) is 0 Å². The van der Waals surface area contributed by atoms with Crippen LogP contribution in [0.5, 0.6) is 0 Å². The van der Waals surface area contributed by atoms with Crippen molar-refractivity contribution >= 4 is 40.6 Å². The van der Waals surface area contributed by atoms with E-state index in [0.29, 0.717) is 0 Å². The number of amides is 2. The van der Waals surface area contributed by atoms with E-state index in [1.807, 2.05) is 0 Å². The van der Waals surface area contributed by atoms with E-state index in [0.717, 1.165) is 23.0 Å². The van der Waals surface area contributed by atoms with Crippen LogP contribution in [0, 0.1) is 5.82 Å². The van der Waals surface area contributed by atoms with Gasteiger partial charge in [0.05, 0.1) is 22.7 Å². The van der Waals surface area contributed by atoms with Crippen molar-refractivity contribution in [3.8, 4) is 11.3 Å². The summed E-state index contributed by atoms with van der Waals surface area (Å²) in [6, 6.07) is 4.53. The summed E-state index contributed by atoms with van der Waals surface area (Å²) in [5, 5.41) is 3.91. The fraction of sp³-hybridized carbons (Fsp3) is 0.364. The third kappa shape index (κ3) is 4.17. The Morgan fingerprint density at radius 1 is 1.23 bits per heavy atom. The Morgan fingerprint density at radius 3 is 2.60 bits per heavy atom. The molecule has 1 fully saturated rings.